The molecule has 3 aromatic rings. The highest BCUT2D eigenvalue weighted by atomic mass is 19.1. The average molecular weight is 511 g/mol. The van der Waals surface area contributed by atoms with E-state index in [0.29, 0.717) is 12.1 Å². The number of hydrogen-bond acceptors (Lipinski definition) is 4. The Kier molecular flexibility index (Phi) is 11.0. The summed E-state index contributed by atoms with van der Waals surface area (Å²) >= 11 is 0. The summed E-state index contributed by atoms with van der Waals surface area (Å²) in [5, 5.41) is 21.2. The molecule has 0 saturated carbocycles. The molecule has 3 N–H and O–H groups in total. The molecule has 0 fully saturated rings. The van der Waals surface area contributed by atoms with E-state index in [1.807, 2.05) is 23.0 Å². The Morgan fingerprint density at radius 1 is 1.11 bits per heavy atom. The average Bonchev–Trinajstić information content (AvgIpc) is 3.33. The van der Waals surface area contributed by atoms with Gasteiger partial charge in [-0.1, -0.05) is 44.5 Å². The lowest BCUT2D eigenvalue weighted by molar-refractivity contribution is -0.117. The lowest BCUT2D eigenvalue weighted by Crippen LogP contribution is -2.48. The number of benzene rings is 2. The van der Waals surface area contributed by atoms with E-state index < -0.39 is 29.7 Å². The topological polar surface area (TPSA) is 79.2 Å². The van der Waals surface area contributed by atoms with Gasteiger partial charge in [0.2, 0.25) is 5.91 Å². The summed E-state index contributed by atoms with van der Waals surface area (Å²) in [6.07, 6.45) is 8.65. The van der Waals surface area contributed by atoms with Gasteiger partial charge in [-0.05, 0) is 54.2 Å². The van der Waals surface area contributed by atoms with Gasteiger partial charge in [0.25, 0.3) is 0 Å². The molecule has 0 bridgehead atoms. The molecule has 1 heterocycles. The Balaban J connectivity index is 1.64. The standard InChI is InChI=1S/C29H36F2N4O2/c1-3-5-11-35-20-23(18-33-35)9-10-29(37)34-27(15-24-13-25(30)16-26(31)14-24)28(36)19-32-17-22-8-6-7-21(4-2)12-22/h6-10,12-14,16,18,20,27-28,32,36H,3-5,11,15,17,19H2,1-2H3,(H,34,37)/b10-9+/t27-,28-/m0/s1. The van der Waals surface area contributed by atoms with Crippen molar-refractivity contribution in [3.63, 3.8) is 0 Å². The van der Waals surface area contributed by atoms with E-state index in [9.17, 15) is 18.7 Å². The molecule has 0 aliphatic heterocycles. The second-order valence-electron chi connectivity index (χ2n) is 9.19. The van der Waals surface area contributed by atoms with Crippen LogP contribution in [0.15, 0.2) is 60.9 Å². The number of carbonyl (C=O) groups excluding carboxylic acids is 1. The van der Waals surface area contributed by atoms with Crippen molar-refractivity contribution >= 4 is 12.0 Å². The Hall–Kier alpha value is -3.36. The number of hydrogen-bond donors (Lipinski definition) is 3. The number of unbranched alkanes of at least 4 members (excludes halogenated alkanes) is 1. The Morgan fingerprint density at radius 3 is 2.59 bits per heavy atom. The van der Waals surface area contributed by atoms with Crippen molar-refractivity contribution in [2.24, 2.45) is 0 Å². The zero-order chi connectivity index (χ0) is 26.6. The van der Waals surface area contributed by atoms with Crippen molar-refractivity contribution in [3.05, 3.63) is 94.8 Å². The van der Waals surface area contributed by atoms with Gasteiger partial charge in [0.1, 0.15) is 11.6 Å². The molecule has 2 atom stereocenters. The lowest BCUT2D eigenvalue weighted by atomic mass is 10.0. The van der Waals surface area contributed by atoms with E-state index in [2.05, 4.69) is 41.7 Å². The maximum absolute atomic E-state index is 13.8. The van der Waals surface area contributed by atoms with E-state index in [1.165, 1.54) is 23.8 Å². The van der Waals surface area contributed by atoms with E-state index in [0.717, 1.165) is 43.0 Å². The summed E-state index contributed by atoms with van der Waals surface area (Å²) in [6.45, 7) is 5.74. The quantitative estimate of drug-likeness (QED) is 0.281. The molecular weight excluding hydrogens is 474 g/mol. The maximum atomic E-state index is 13.8. The van der Waals surface area contributed by atoms with Crippen LogP contribution in [0.25, 0.3) is 6.08 Å². The fraction of sp³-hybridized carbons (Fsp3) is 0.379. The molecule has 6 nitrogen and oxygen atoms in total. The number of carbonyl (C=O) groups is 1. The molecule has 198 valence electrons. The van der Waals surface area contributed by atoms with Crippen LogP contribution in [0.5, 0.6) is 0 Å². The van der Waals surface area contributed by atoms with Gasteiger partial charge in [0.15, 0.2) is 0 Å². The van der Waals surface area contributed by atoms with E-state index >= 15 is 0 Å². The number of halogens is 2. The van der Waals surface area contributed by atoms with Gasteiger partial charge in [0, 0.05) is 43.5 Å². The van der Waals surface area contributed by atoms with Crippen molar-refractivity contribution in [2.45, 2.75) is 64.8 Å². The first-order chi connectivity index (χ1) is 17.9. The van der Waals surface area contributed by atoms with Crippen LogP contribution in [0.4, 0.5) is 8.78 Å². The SMILES string of the molecule is CCCCn1cc(/C=C/C(=O)N[C@@H](Cc2cc(F)cc(F)c2)[C@@H](O)CNCc2cccc(CC)c2)cn1. The highest BCUT2D eigenvalue weighted by molar-refractivity contribution is 5.91. The van der Waals surface area contributed by atoms with Crippen molar-refractivity contribution < 1.29 is 18.7 Å². The van der Waals surface area contributed by atoms with Crippen LogP contribution in [-0.4, -0.2) is 39.5 Å². The molecule has 2 aromatic carbocycles. The number of aryl methyl sites for hydroxylation is 2. The van der Waals surface area contributed by atoms with Crippen molar-refractivity contribution in [2.75, 3.05) is 6.54 Å². The summed E-state index contributed by atoms with van der Waals surface area (Å²) in [4.78, 5) is 12.7. The normalized spacial score (nSPS) is 13.1. The van der Waals surface area contributed by atoms with Crippen molar-refractivity contribution in [3.8, 4) is 0 Å². The van der Waals surface area contributed by atoms with Crippen LogP contribution in [0.2, 0.25) is 0 Å². The first-order valence-electron chi connectivity index (χ1n) is 12.8. The third-order valence-corrected chi connectivity index (χ3v) is 6.07. The van der Waals surface area contributed by atoms with Gasteiger partial charge in [-0.3, -0.25) is 9.48 Å². The van der Waals surface area contributed by atoms with Crippen molar-refractivity contribution in [1.82, 2.24) is 20.4 Å². The van der Waals surface area contributed by atoms with Crippen LogP contribution < -0.4 is 10.6 Å². The van der Waals surface area contributed by atoms with Gasteiger partial charge in [-0.25, -0.2) is 8.78 Å². The molecule has 0 saturated heterocycles. The van der Waals surface area contributed by atoms with Crippen molar-refractivity contribution in [1.29, 1.82) is 0 Å². The first-order valence-corrected chi connectivity index (χ1v) is 12.8. The number of nitrogens with zero attached hydrogens (tertiary/aromatic N) is 2. The largest absolute Gasteiger partial charge is 0.390 e. The van der Waals surface area contributed by atoms with Gasteiger partial charge in [0.05, 0.1) is 18.3 Å². The number of amides is 1. The molecule has 0 radical (unpaired) electrons. The highest BCUT2D eigenvalue weighted by Crippen LogP contribution is 2.13. The minimum atomic E-state index is -0.991. The molecule has 0 unspecified atom stereocenters. The Bertz CT molecular complexity index is 1160. The number of aromatic nitrogens is 2. The van der Waals surface area contributed by atoms with E-state index in [-0.39, 0.29) is 13.0 Å². The number of nitrogens with one attached hydrogen (secondary N) is 2. The summed E-state index contributed by atoms with van der Waals surface area (Å²) in [5.41, 5.74) is 3.44. The van der Waals surface area contributed by atoms with Crippen LogP contribution in [0, 0.1) is 11.6 Å². The molecule has 1 aromatic heterocycles. The number of aliphatic hydroxyl groups excluding tert-OH is 1. The number of aliphatic hydroxyl groups is 1. The highest BCUT2D eigenvalue weighted by Gasteiger charge is 2.22. The number of rotatable bonds is 14. The van der Waals surface area contributed by atoms with E-state index in [4.69, 9.17) is 0 Å². The van der Waals surface area contributed by atoms with E-state index in [1.54, 1.807) is 12.3 Å². The second-order valence-corrected chi connectivity index (χ2v) is 9.19. The van der Waals surface area contributed by atoms with Crippen LogP contribution in [0.3, 0.4) is 0 Å². The fourth-order valence-corrected chi connectivity index (χ4v) is 4.04. The van der Waals surface area contributed by atoms with Crippen LogP contribution >= 0.6 is 0 Å². The summed E-state index contributed by atoms with van der Waals surface area (Å²) in [7, 11) is 0. The molecule has 37 heavy (non-hydrogen) atoms. The fourth-order valence-electron chi connectivity index (χ4n) is 4.04. The van der Waals surface area contributed by atoms with Gasteiger partial charge >= 0.3 is 0 Å². The zero-order valence-electron chi connectivity index (χ0n) is 21.5. The molecule has 0 aliphatic rings. The minimum absolute atomic E-state index is 0.0668. The molecule has 1 amide bonds. The Labute approximate surface area is 217 Å². The van der Waals surface area contributed by atoms with Crippen LogP contribution in [0.1, 0.15) is 48.9 Å². The van der Waals surface area contributed by atoms with Gasteiger partial charge in [-0.15, -0.1) is 0 Å². The predicted octanol–water partition coefficient (Wildman–Crippen LogP) is 4.42. The smallest absolute Gasteiger partial charge is 0.244 e. The van der Waals surface area contributed by atoms with Crippen LogP contribution in [-0.2, 0) is 30.7 Å². The zero-order valence-corrected chi connectivity index (χ0v) is 21.5. The first kappa shape index (κ1) is 28.2. The third-order valence-electron chi connectivity index (χ3n) is 6.07. The molecule has 3 rings (SSSR count). The lowest BCUT2D eigenvalue weighted by Gasteiger charge is -2.24. The molecule has 0 aliphatic carbocycles. The predicted molar refractivity (Wildman–Crippen MR) is 142 cm³/mol. The molecule has 8 heteroatoms. The van der Waals surface area contributed by atoms with Gasteiger partial charge in [-0.2, -0.15) is 5.10 Å². The summed E-state index contributed by atoms with van der Waals surface area (Å²) in [5.74, 6) is -1.83. The van der Waals surface area contributed by atoms with Gasteiger partial charge < -0.3 is 15.7 Å². The molecular formula is C29H36F2N4O2. The third kappa shape index (κ3) is 9.55. The summed E-state index contributed by atoms with van der Waals surface area (Å²) in [6, 6.07) is 10.6. The molecule has 0 spiro atoms. The summed E-state index contributed by atoms with van der Waals surface area (Å²) < 4.78 is 29.3. The monoisotopic (exact) mass is 510 g/mol. The Morgan fingerprint density at radius 2 is 1.86 bits per heavy atom. The second kappa shape index (κ2) is 14.4. The maximum Gasteiger partial charge on any atom is 0.244 e. The minimum Gasteiger partial charge on any atom is -0.390 e.